The molecule has 0 aliphatic carbocycles. The molecule has 34 heavy (non-hydrogen) atoms. The number of carbonyl (C=O) groups excluding carboxylic acids is 1. The summed E-state index contributed by atoms with van der Waals surface area (Å²) < 4.78 is 34.6. The third kappa shape index (κ3) is 5.66. The van der Waals surface area contributed by atoms with E-state index in [1.165, 1.54) is 12.3 Å². The van der Waals surface area contributed by atoms with Crippen LogP contribution in [0.5, 0.6) is 5.75 Å². The van der Waals surface area contributed by atoms with Gasteiger partial charge in [-0.05, 0) is 37.5 Å². The van der Waals surface area contributed by atoms with E-state index in [9.17, 15) is 13.6 Å². The Morgan fingerprint density at radius 3 is 2.71 bits per heavy atom. The molecular formula is C25H23Cl2F2N3O2. The zero-order valence-electron chi connectivity index (χ0n) is 18.4. The summed E-state index contributed by atoms with van der Waals surface area (Å²) in [6.45, 7) is 2.27. The molecular weight excluding hydrogens is 483 g/mol. The van der Waals surface area contributed by atoms with Crippen molar-refractivity contribution < 1.29 is 18.3 Å². The maximum Gasteiger partial charge on any atom is 0.224 e. The summed E-state index contributed by atoms with van der Waals surface area (Å²) in [6.07, 6.45) is 2.30. The molecule has 5 nitrogen and oxygen atoms in total. The highest BCUT2D eigenvalue weighted by molar-refractivity contribution is 6.42. The number of nitrogens with zero attached hydrogens (tertiary/aromatic N) is 1. The Balaban J connectivity index is 1.40. The maximum absolute atomic E-state index is 14.6. The van der Waals surface area contributed by atoms with Crippen molar-refractivity contribution in [1.82, 2.24) is 10.3 Å². The smallest absolute Gasteiger partial charge is 0.224 e. The number of nitrogens with one attached hydrogen (secondary N) is 2. The number of aromatic nitrogens is 1. The van der Waals surface area contributed by atoms with Gasteiger partial charge in [-0.25, -0.2) is 9.37 Å². The summed E-state index contributed by atoms with van der Waals surface area (Å²) in [5.74, 6) is -1.05. The molecule has 9 heteroatoms. The lowest BCUT2D eigenvalue weighted by molar-refractivity contribution is -0.116. The van der Waals surface area contributed by atoms with Gasteiger partial charge < -0.3 is 15.4 Å². The summed E-state index contributed by atoms with van der Waals surface area (Å²) in [4.78, 5) is 16.3. The van der Waals surface area contributed by atoms with Crippen LogP contribution in [0.4, 0.5) is 14.5 Å². The average Bonchev–Trinajstić information content (AvgIpc) is 2.82. The number of ether oxygens (including phenoxy) is 1. The van der Waals surface area contributed by atoms with Crippen LogP contribution in [0.25, 0.3) is 0 Å². The summed E-state index contributed by atoms with van der Waals surface area (Å²) in [5.41, 5.74) is 2.18. The van der Waals surface area contributed by atoms with Gasteiger partial charge in [-0.3, -0.25) is 4.79 Å². The molecule has 4 rings (SSSR count). The number of pyridine rings is 1. The van der Waals surface area contributed by atoms with Gasteiger partial charge >= 0.3 is 0 Å². The van der Waals surface area contributed by atoms with Gasteiger partial charge in [0.2, 0.25) is 11.9 Å². The van der Waals surface area contributed by atoms with Crippen LogP contribution in [-0.2, 0) is 17.8 Å². The van der Waals surface area contributed by atoms with E-state index < -0.39 is 11.8 Å². The number of hydrogen-bond donors (Lipinski definition) is 2. The van der Waals surface area contributed by atoms with Crippen LogP contribution >= 0.6 is 23.2 Å². The fourth-order valence-corrected chi connectivity index (χ4v) is 4.42. The first-order chi connectivity index (χ1) is 16.3. The van der Waals surface area contributed by atoms with Crippen molar-refractivity contribution in [2.75, 3.05) is 5.32 Å². The highest BCUT2D eigenvalue weighted by Crippen LogP contribution is 2.35. The second-order valence-electron chi connectivity index (χ2n) is 8.20. The SMILES string of the molecule is CC1NC(CCC(=O)Nc2cc(Cl)c(Cl)cc2F)Cc2c(F)ncc(OCc3ccccc3)c21. The van der Waals surface area contributed by atoms with Crippen molar-refractivity contribution in [3.63, 3.8) is 0 Å². The molecule has 178 valence electrons. The molecule has 2 aromatic carbocycles. The number of carbonyl (C=O) groups is 1. The maximum atomic E-state index is 14.6. The van der Waals surface area contributed by atoms with Crippen LogP contribution in [0.15, 0.2) is 48.7 Å². The van der Waals surface area contributed by atoms with Gasteiger partial charge in [-0.2, -0.15) is 4.39 Å². The lowest BCUT2D eigenvalue weighted by Crippen LogP contribution is -2.39. The lowest BCUT2D eigenvalue weighted by Gasteiger charge is -2.32. The van der Waals surface area contributed by atoms with Gasteiger partial charge in [0.1, 0.15) is 18.2 Å². The number of rotatable bonds is 7. The van der Waals surface area contributed by atoms with E-state index in [-0.39, 0.29) is 40.1 Å². The highest BCUT2D eigenvalue weighted by Gasteiger charge is 2.30. The monoisotopic (exact) mass is 505 g/mol. The molecule has 1 aromatic heterocycles. The zero-order valence-corrected chi connectivity index (χ0v) is 19.9. The van der Waals surface area contributed by atoms with E-state index in [1.807, 2.05) is 37.3 Å². The number of hydrogen-bond acceptors (Lipinski definition) is 4. The second kappa shape index (κ2) is 10.7. The number of halogens is 4. The Morgan fingerprint density at radius 1 is 1.21 bits per heavy atom. The van der Waals surface area contributed by atoms with Crippen molar-refractivity contribution in [2.45, 2.75) is 44.9 Å². The van der Waals surface area contributed by atoms with Crippen molar-refractivity contribution in [3.05, 3.63) is 87.2 Å². The number of amides is 1. The first kappa shape index (κ1) is 24.4. The molecule has 2 N–H and O–H groups in total. The van der Waals surface area contributed by atoms with Crippen LogP contribution in [-0.4, -0.2) is 16.9 Å². The standard InChI is InChI=1S/C25H23Cl2F2N3O2/c1-14-24-17(25(29)30-12-22(24)34-13-15-5-3-2-4-6-15)9-16(31-14)7-8-23(33)32-21-11-19(27)18(26)10-20(21)28/h2-6,10-12,14,16,31H,7-9,13H2,1H3,(H,32,33). The van der Waals surface area contributed by atoms with Crippen molar-refractivity contribution in [3.8, 4) is 5.75 Å². The quantitative estimate of drug-likeness (QED) is 0.294. The van der Waals surface area contributed by atoms with E-state index >= 15 is 0 Å². The Kier molecular flexibility index (Phi) is 7.66. The van der Waals surface area contributed by atoms with Crippen molar-refractivity contribution in [1.29, 1.82) is 0 Å². The van der Waals surface area contributed by atoms with Gasteiger partial charge in [-0.15, -0.1) is 0 Å². The second-order valence-corrected chi connectivity index (χ2v) is 9.02. The first-order valence-electron chi connectivity index (χ1n) is 10.9. The largest absolute Gasteiger partial charge is 0.487 e. The molecule has 0 bridgehead atoms. The molecule has 0 saturated carbocycles. The normalized spacial score (nSPS) is 17.2. The number of fused-ring (bicyclic) bond motifs is 1. The molecule has 2 heterocycles. The van der Waals surface area contributed by atoms with Gasteiger partial charge in [0.05, 0.1) is 21.9 Å². The van der Waals surface area contributed by atoms with Crippen LogP contribution < -0.4 is 15.4 Å². The van der Waals surface area contributed by atoms with E-state index in [2.05, 4.69) is 15.6 Å². The average molecular weight is 506 g/mol. The predicted molar refractivity (Wildman–Crippen MR) is 128 cm³/mol. The Hall–Kier alpha value is -2.74. The van der Waals surface area contributed by atoms with E-state index in [1.54, 1.807) is 0 Å². The molecule has 1 amide bonds. The zero-order chi connectivity index (χ0) is 24.2. The van der Waals surface area contributed by atoms with Gasteiger partial charge in [0, 0.05) is 29.6 Å². The van der Waals surface area contributed by atoms with Gasteiger partial charge in [0.25, 0.3) is 0 Å². The fraction of sp³-hybridized carbons (Fsp3) is 0.280. The molecule has 1 aliphatic rings. The molecule has 0 saturated heterocycles. The first-order valence-corrected chi connectivity index (χ1v) is 11.6. The minimum atomic E-state index is -0.669. The van der Waals surface area contributed by atoms with Crippen LogP contribution in [0.2, 0.25) is 10.0 Å². The third-order valence-corrected chi connectivity index (χ3v) is 6.47. The lowest BCUT2D eigenvalue weighted by atomic mass is 9.89. The highest BCUT2D eigenvalue weighted by atomic mass is 35.5. The van der Waals surface area contributed by atoms with Gasteiger partial charge in [-0.1, -0.05) is 53.5 Å². The molecule has 3 aromatic rings. The van der Waals surface area contributed by atoms with Crippen LogP contribution in [0.3, 0.4) is 0 Å². The number of anilines is 1. The Labute approximate surface area is 206 Å². The van der Waals surface area contributed by atoms with E-state index in [0.717, 1.165) is 17.2 Å². The molecule has 1 aliphatic heterocycles. The van der Waals surface area contributed by atoms with Crippen molar-refractivity contribution in [2.24, 2.45) is 0 Å². The summed E-state index contributed by atoms with van der Waals surface area (Å²) in [6, 6.07) is 11.7. The topological polar surface area (TPSA) is 63.2 Å². The molecule has 0 radical (unpaired) electrons. The predicted octanol–water partition coefficient (Wildman–Crippen LogP) is 6.24. The third-order valence-electron chi connectivity index (χ3n) is 5.75. The number of benzene rings is 2. The van der Waals surface area contributed by atoms with E-state index in [0.29, 0.717) is 30.8 Å². The molecule has 0 fully saturated rings. The van der Waals surface area contributed by atoms with Gasteiger partial charge in [0.15, 0.2) is 0 Å². The Bertz CT molecular complexity index is 1190. The molecule has 2 atom stereocenters. The Morgan fingerprint density at radius 2 is 1.94 bits per heavy atom. The minimum absolute atomic E-state index is 0.0369. The summed E-state index contributed by atoms with van der Waals surface area (Å²) in [5, 5.41) is 6.14. The summed E-state index contributed by atoms with van der Waals surface area (Å²) >= 11 is 11.7. The van der Waals surface area contributed by atoms with E-state index in [4.69, 9.17) is 27.9 Å². The fourth-order valence-electron chi connectivity index (χ4n) is 4.11. The summed E-state index contributed by atoms with van der Waals surface area (Å²) in [7, 11) is 0. The minimum Gasteiger partial charge on any atom is -0.487 e. The van der Waals surface area contributed by atoms with Crippen LogP contribution in [0, 0.1) is 11.8 Å². The van der Waals surface area contributed by atoms with Crippen LogP contribution in [0.1, 0.15) is 42.5 Å². The van der Waals surface area contributed by atoms with Crippen molar-refractivity contribution >= 4 is 34.8 Å². The molecule has 2 unspecified atom stereocenters. The molecule has 0 spiro atoms.